The minimum atomic E-state index is 0.653. The lowest BCUT2D eigenvalue weighted by atomic mass is 10.0. The molecule has 100 valence electrons. The first-order valence-corrected chi connectivity index (χ1v) is 6.37. The summed E-state index contributed by atoms with van der Waals surface area (Å²) in [7, 11) is 1.62. The number of carbonyl (C=O) groups excluding carboxylic acids is 1. The number of methoxy groups -OCH3 is 1. The van der Waals surface area contributed by atoms with E-state index in [1.807, 2.05) is 23.9 Å². The monoisotopic (exact) mass is 258 g/mol. The normalized spacial score (nSPS) is 10.5. The summed E-state index contributed by atoms with van der Waals surface area (Å²) < 4.78 is 7.19. The van der Waals surface area contributed by atoms with Crippen LogP contribution in [0.5, 0.6) is 5.75 Å². The largest absolute Gasteiger partial charge is 0.497 e. The van der Waals surface area contributed by atoms with Crippen LogP contribution in [0.15, 0.2) is 24.4 Å². The van der Waals surface area contributed by atoms with Crippen molar-refractivity contribution >= 4 is 6.29 Å². The van der Waals surface area contributed by atoms with Gasteiger partial charge in [-0.2, -0.15) is 5.10 Å². The van der Waals surface area contributed by atoms with Gasteiger partial charge < -0.3 is 4.74 Å². The van der Waals surface area contributed by atoms with Gasteiger partial charge in [0.25, 0.3) is 0 Å². The van der Waals surface area contributed by atoms with Crippen LogP contribution in [0, 0.1) is 6.92 Å². The number of aromatic nitrogens is 2. The van der Waals surface area contributed by atoms with Crippen molar-refractivity contribution in [3.05, 3.63) is 35.7 Å². The maximum Gasteiger partial charge on any atom is 0.150 e. The molecular formula is C15H18N2O2. The topological polar surface area (TPSA) is 44.1 Å². The van der Waals surface area contributed by atoms with E-state index >= 15 is 0 Å². The molecule has 0 saturated carbocycles. The van der Waals surface area contributed by atoms with Crippen molar-refractivity contribution in [3.63, 3.8) is 0 Å². The number of carbonyl (C=O) groups is 1. The second-order valence-electron chi connectivity index (χ2n) is 4.44. The lowest BCUT2D eigenvalue weighted by Gasteiger charge is -2.08. The van der Waals surface area contributed by atoms with E-state index in [4.69, 9.17) is 4.74 Å². The van der Waals surface area contributed by atoms with Crippen molar-refractivity contribution < 1.29 is 9.53 Å². The number of benzene rings is 1. The first-order chi connectivity index (χ1) is 9.21. The highest BCUT2D eigenvalue weighted by atomic mass is 16.5. The Hall–Kier alpha value is -2.10. The zero-order valence-electron chi connectivity index (χ0n) is 11.5. The molecule has 2 rings (SSSR count). The SMILES string of the molecule is CCCn1ncc(-c2cc(OC)ccc2C=O)c1C. The molecule has 1 aromatic carbocycles. The highest BCUT2D eigenvalue weighted by Crippen LogP contribution is 2.29. The maximum atomic E-state index is 11.2. The molecule has 4 nitrogen and oxygen atoms in total. The predicted octanol–water partition coefficient (Wildman–Crippen LogP) is 3.09. The lowest BCUT2D eigenvalue weighted by Crippen LogP contribution is -2.01. The van der Waals surface area contributed by atoms with E-state index in [0.29, 0.717) is 5.56 Å². The fourth-order valence-corrected chi connectivity index (χ4v) is 2.15. The Morgan fingerprint density at radius 1 is 1.37 bits per heavy atom. The van der Waals surface area contributed by atoms with Gasteiger partial charge in [0.15, 0.2) is 6.29 Å². The van der Waals surface area contributed by atoms with Gasteiger partial charge >= 0.3 is 0 Å². The van der Waals surface area contributed by atoms with Crippen LogP contribution in [0.2, 0.25) is 0 Å². The standard InChI is InChI=1S/C15H18N2O2/c1-4-7-17-11(2)15(9-16-17)14-8-13(19-3)6-5-12(14)10-18/h5-6,8-10H,4,7H2,1-3H3. The molecule has 19 heavy (non-hydrogen) atoms. The van der Waals surface area contributed by atoms with Crippen molar-refractivity contribution in [2.75, 3.05) is 7.11 Å². The quantitative estimate of drug-likeness (QED) is 0.774. The van der Waals surface area contributed by atoms with Crippen molar-refractivity contribution in [1.82, 2.24) is 9.78 Å². The molecule has 0 amide bonds. The van der Waals surface area contributed by atoms with Crippen LogP contribution in [0.4, 0.5) is 0 Å². The van der Waals surface area contributed by atoms with Crippen LogP contribution >= 0.6 is 0 Å². The summed E-state index contributed by atoms with van der Waals surface area (Å²) in [4.78, 5) is 11.2. The van der Waals surface area contributed by atoms with Crippen molar-refractivity contribution in [2.45, 2.75) is 26.8 Å². The van der Waals surface area contributed by atoms with Crippen LogP contribution in [0.1, 0.15) is 29.4 Å². The molecule has 0 aliphatic carbocycles. The number of hydrogen-bond acceptors (Lipinski definition) is 3. The summed E-state index contributed by atoms with van der Waals surface area (Å²) in [6.07, 6.45) is 3.71. The zero-order chi connectivity index (χ0) is 13.8. The van der Waals surface area contributed by atoms with Gasteiger partial charge in [-0.15, -0.1) is 0 Å². The molecular weight excluding hydrogens is 240 g/mol. The summed E-state index contributed by atoms with van der Waals surface area (Å²) in [6, 6.07) is 5.45. The number of nitrogens with zero attached hydrogens (tertiary/aromatic N) is 2. The minimum absolute atomic E-state index is 0.653. The summed E-state index contributed by atoms with van der Waals surface area (Å²) in [5.41, 5.74) is 3.57. The fourth-order valence-electron chi connectivity index (χ4n) is 2.15. The molecule has 0 saturated heterocycles. The van der Waals surface area contributed by atoms with E-state index in [9.17, 15) is 4.79 Å². The third-order valence-corrected chi connectivity index (χ3v) is 3.22. The average molecular weight is 258 g/mol. The first-order valence-electron chi connectivity index (χ1n) is 6.37. The van der Waals surface area contributed by atoms with Gasteiger partial charge in [0.1, 0.15) is 5.75 Å². The molecule has 0 aliphatic heterocycles. The van der Waals surface area contributed by atoms with Gasteiger partial charge in [0, 0.05) is 23.4 Å². The van der Waals surface area contributed by atoms with Crippen LogP contribution in [-0.4, -0.2) is 23.2 Å². The van der Waals surface area contributed by atoms with E-state index in [0.717, 1.165) is 41.8 Å². The molecule has 0 fully saturated rings. The Kier molecular flexibility index (Phi) is 4.00. The molecule has 4 heteroatoms. The highest BCUT2D eigenvalue weighted by Gasteiger charge is 2.12. The molecule has 1 heterocycles. The van der Waals surface area contributed by atoms with Crippen LogP contribution < -0.4 is 4.74 Å². The van der Waals surface area contributed by atoms with Gasteiger partial charge in [-0.25, -0.2) is 0 Å². The van der Waals surface area contributed by atoms with Gasteiger partial charge in [-0.1, -0.05) is 6.92 Å². The van der Waals surface area contributed by atoms with Crippen molar-refractivity contribution in [2.24, 2.45) is 0 Å². The Morgan fingerprint density at radius 3 is 2.79 bits per heavy atom. The van der Waals surface area contributed by atoms with Gasteiger partial charge in [0.05, 0.1) is 13.3 Å². The summed E-state index contributed by atoms with van der Waals surface area (Å²) in [5.74, 6) is 0.739. The summed E-state index contributed by atoms with van der Waals surface area (Å²) in [5, 5.41) is 4.37. The van der Waals surface area contributed by atoms with Crippen LogP contribution in [0.25, 0.3) is 11.1 Å². The third kappa shape index (κ3) is 2.52. The molecule has 2 aromatic rings. The van der Waals surface area contributed by atoms with E-state index in [2.05, 4.69) is 12.0 Å². The number of rotatable bonds is 5. The summed E-state index contributed by atoms with van der Waals surface area (Å²) in [6.45, 7) is 5.02. The Labute approximate surface area is 113 Å². The molecule has 0 radical (unpaired) electrons. The molecule has 1 aromatic heterocycles. The minimum Gasteiger partial charge on any atom is -0.497 e. The average Bonchev–Trinajstić information content (AvgIpc) is 2.80. The van der Waals surface area contributed by atoms with Crippen molar-refractivity contribution in [1.29, 1.82) is 0 Å². The fraction of sp³-hybridized carbons (Fsp3) is 0.333. The predicted molar refractivity (Wildman–Crippen MR) is 74.6 cm³/mol. The van der Waals surface area contributed by atoms with Gasteiger partial charge in [-0.3, -0.25) is 9.48 Å². The molecule has 0 spiro atoms. The highest BCUT2D eigenvalue weighted by molar-refractivity contribution is 5.88. The smallest absolute Gasteiger partial charge is 0.150 e. The third-order valence-electron chi connectivity index (χ3n) is 3.22. The summed E-state index contributed by atoms with van der Waals surface area (Å²) >= 11 is 0. The number of aldehydes is 1. The number of ether oxygens (including phenoxy) is 1. The number of hydrogen-bond donors (Lipinski definition) is 0. The molecule has 0 bridgehead atoms. The second-order valence-corrected chi connectivity index (χ2v) is 4.44. The second kappa shape index (κ2) is 5.69. The molecule has 0 N–H and O–H groups in total. The molecule has 0 atom stereocenters. The van der Waals surface area contributed by atoms with E-state index in [-0.39, 0.29) is 0 Å². The van der Waals surface area contributed by atoms with Gasteiger partial charge in [-0.05, 0) is 37.1 Å². The van der Waals surface area contributed by atoms with E-state index in [1.54, 1.807) is 19.2 Å². The van der Waals surface area contributed by atoms with Crippen LogP contribution in [-0.2, 0) is 6.54 Å². The zero-order valence-corrected chi connectivity index (χ0v) is 11.5. The Bertz CT molecular complexity index is 588. The Morgan fingerprint density at radius 2 is 2.16 bits per heavy atom. The van der Waals surface area contributed by atoms with Crippen molar-refractivity contribution in [3.8, 4) is 16.9 Å². The molecule has 0 aliphatic rings. The molecule has 0 unspecified atom stereocenters. The maximum absolute atomic E-state index is 11.2. The van der Waals surface area contributed by atoms with Crippen LogP contribution in [0.3, 0.4) is 0 Å². The first kappa shape index (κ1) is 13.3. The van der Waals surface area contributed by atoms with E-state index < -0.39 is 0 Å². The lowest BCUT2D eigenvalue weighted by molar-refractivity contribution is 0.112. The van der Waals surface area contributed by atoms with Gasteiger partial charge in [0.2, 0.25) is 0 Å². The Balaban J connectivity index is 2.53. The number of aryl methyl sites for hydroxylation is 1. The van der Waals surface area contributed by atoms with E-state index in [1.165, 1.54) is 0 Å².